The van der Waals surface area contributed by atoms with Gasteiger partial charge in [0.1, 0.15) is 11.7 Å². The summed E-state index contributed by atoms with van der Waals surface area (Å²) in [5.74, 6) is -1.85. The number of nitrogens with one attached hydrogen (secondary N) is 2. The number of benzene rings is 1. The lowest BCUT2D eigenvalue weighted by molar-refractivity contribution is -0.146. The normalized spacial score (nSPS) is 16.8. The molecule has 2 unspecified atom stereocenters. The molecule has 0 spiro atoms. The Hall–Kier alpha value is -3.42. The molecule has 8 nitrogen and oxygen atoms in total. The highest BCUT2D eigenvalue weighted by Gasteiger charge is 2.34. The second-order valence-electron chi connectivity index (χ2n) is 8.56. The summed E-state index contributed by atoms with van der Waals surface area (Å²) in [7, 11) is 0. The first kappa shape index (κ1) is 21.8. The molecule has 0 saturated carbocycles. The number of para-hydroxylation sites is 1. The molecule has 2 amide bonds. The van der Waals surface area contributed by atoms with Crippen LogP contribution in [0.15, 0.2) is 36.5 Å². The quantitative estimate of drug-likeness (QED) is 0.549. The molecular weight excluding hydrogens is 408 g/mol. The summed E-state index contributed by atoms with van der Waals surface area (Å²) in [6.45, 7) is 4.68. The first-order valence-corrected chi connectivity index (χ1v) is 11.1. The van der Waals surface area contributed by atoms with Crippen molar-refractivity contribution in [2.45, 2.75) is 39.2 Å². The van der Waals surface area contributed by atoms with Gasteiger partial charge in [-0.25, -0.2) is 4.98 Å². The number of aliphatic carboxylic acids is 1. The van der Waals surface area contributed by atoms with Gasteiger partial charge in [0.25, 0.3) is 5.91 Å². The van der Waals surface area contributed by atoms with Gasteiger partial charge in [-0.2, -0.15) is 0 Å². The topological polar surface area (TPSA) is 115 Å². The van der Waals surface area contributed by atoms with Crippen LogP contribution in [0.2, 0.25) is 0 Å². The number of aromatic nitrogens is 2. The maximum Gasteiger partial charge on any atom is 0.306 e. The van der Waals surface area contributed by atoms with Crippen LogP contribution in [0.25, 0.3) is 21.8 Å². The highest BCUT2D eigenvalue weighted by atomic mass is 16.4. The molecule has 4 rings (SSSR count). The second kappa shape index (κ2) is 8.98. The third kappa shape index (κ3) is 4.17. The highest BCUT2D eigenvalue weighted by molar-refractivity contribution is 6.09. The molecule has 1 aliphatic heterocycles. The summed E-state index contributed by atoms with van der Waals surface area (Å²) < 4.78 is 0. The van der Waals surface area contributed by atoms with E-state index < -0.39 is 23.8 Å². The minimum Gasteiger partial charge on any atom is -0.481 e. The average molecular weight is 437 g/mol. The maximum atomic E-state index is 13.2. The van der Waals surface area contributed by atoms with Gasteiger partial charge in [-0.3, -0.25) is 14.4 Å². The fraction of sp³-hybridized carbons (Fsp3) is 0.417. The fourth-order valence-electron chi connectivity index (χ4n) is 4.32. The third-order valence-corrected chi connectivity index (χ3v) is 6.54. The number of H-pyrrole nitrogens is 1. The second-order valence-corrected chi connectivity index (χ2v) is 8.56. The molecule has 2 aromatic heterocycles. The smallest absolute Gasteiger partial charge is 0.306 e. The van der Waals surface area contributed by atoms with Crippen LogP contribution in [0.4, 0.5) is 0 Å². The number of hydrogen-bond donors (Lipinski definition) is 3. The number of aromatic amines is 1. The van der Waals surface area contributed by atoms with E-state index in [1.165, 1.54) is 0 Å². The third-order valence-electron chi connectivity index (χ3n) is 6.54. The number of fused-ring (bicyclic) bond motifs is 3. The van der Waals surface area contributed by atoms with Gasteiger partial charge in [-0.05, 0) is 30.9 Å². The zero-order chi connectivity index (χ0) is 22.8. The molecule has 3 heterocycles. The summed E-state index contributed by atoms with van der Waals surface area (Å²) in [5, 5.41) is 14.0. The lowest BCUT2D eigenvalue weighted by Gasteiger charge is -2.34. The number of piperidine rings is 1. The van der Waals surface area contributed by atoms with Gasteiger partial charge in [-0.1, -0.05) is 38.5 Å². The molecule has 1 saturated heterocycles. The predicted octanol–water partition coefficient (Wildman–Crippen LogP) is 3.18. The minimum atomic E-state index is -0.817. The molecule has 3 N–H and O–H groups in total. The van der Waals surface area contributed by atoms with Crippen LogP contribution >= 0.6 is 0 Å². The van der Waals surface area contributed by atoms with Gasteiger partial charge >= 0.3 is 5.97 Å². The van der Waals surface area contributed by atoms with E-state index in [1.54, 1.807) is 17.2 Å². The van der Waals surface area contributed by atoms with Crippen LogP contribution in [0.5, 0.6) is 0 Å². The zero-order valence-corrected chi connectivity index (χ0v) is 18.3. The van der Waals surface area contributed by atoms with E-state index in [2.05, 4.69) is 15.3 Å². The van der Waals surface area contributed by atoms with Gasteiger partial charge in [-0.15, -0.1) is 0 Å². The molecule has 0 radical (unpaired) electrons. The molecule has 3 aromatic rings. The zero-order valence-electron chi connectivity index (χ0n) is 18.3. The number of rotatable bonds is 6. The molecule has 1 fully saturated rings. The van der Waals surface area contributed by atoms with Crippen LogP contribution in [-0.2, 0) is 9.59 Å². The van der Waals surface area contributed by atoms with Gasteiger partial charge in [0.2, 0.25) is 5.91 Å². The Labute approximate surface area is 186 Å². The van der Waals surface area contributed by atoms with Crippen LogP contribution in [0.1, 0.15) is 43.6 Å². The maximum absolute atomic E-state index is 13.2. The number of carbonyl (C=O) groups excluding carboxylic acids is 2. The number of carbonyl (C=O) groups is 3. The average Bonchev–Trinajstić information content (AvgIpc) is 3.19. The Balaban J connectivity index is 1.53. The van der Waals surface area contributed by atoms with E-state index >= 15 is 0 Å². The van der Waals surface area contributed by atoms with Crippen molar-refractivity contribution in [2.24, 2.45) is 11.8 Å². The minimum absolute atomic E-state index is 0.0690. The lowest BCUT2D eigenvalue weighted by Crippen LogP contribution is -2.53. The monoisotopic (exact) mass is 436 g/mol. The van der Waals surface area contributed by atoms with E-state index in [0.717, 1.165) is 28.2 Å². The summed E-state index contributed by atoms with van der Waals surface area (Å²) in [6.07, 6.45) is 3.22. The molecule has 1 aromatic carbocycles. The Morgan fingerprint density at radius 3 is 2.59 bits per heavy atom. The van der Waals surface area contributed by atoms with E-state index in [4.69, 9.17) is 0 Å². The van der Waals surface area contributed by atoms with Gasteiger partial charge in [0, 0.05) is 29.4 Å². The van der Waals surface area contributed by atoms with Crippen LogP contribution in [-0.4, -0.2) is 56.9 Å². The number of amides is 2. The van der Waals surface area contributed by atoms with E-state index in [0.29, 0.717) is 25.9 Å². The highest BCUT2D eigenvalue weighted by Crippen LogP contribution is 2.25. The standard InChI is InChI=1S/C24H28N4O4/c1-3-14(2)21(23(30)28-10-8-15(9-11-28)24(31)32)27-22(29)19-12-17-16-6-4-5-7-18(16)26-20(17)13-25-19/h4-7,12-15,21,26H,3,8-11H2,1-2H3,(H,27,29)(H,31,32). The number of carboxylic acids is 1. The van der Waals surface area contributed by atoms with Crippen molar-refractivity contribution in [1.29, 1.82) is 0 Å². The Morgan fingerprint density at radius 2 is 1.91 bits per heavy atom. The molecule has 168 valence electrons. The van der Waals surface area contributed by atoms with Crippen LogP contribution in [0, 0.1) is 11.8 Å². The van der Waals surface area contributed by atoms with Crippen molar-refractivity contribution < 1.29 is 19.5 Å². The SMILES string of the molecule is CCC(C)C(NC(=O)c1cc2c(cn1)[nH]c1ccccc12)C(=O)N1CCC(C(=O)O)CC1. The van der Waals surface area contributed by atoms with Crippen molar-refractivity contribution in [3.05, 3.63) is 42.2 Å². The molecule has 0 bridgehead atoms. The van der Waals surface area contributed by atoms with Crippen LogP contribution < -0.4 is 5.32 Å². The largest absolute Gasteiger partial charge is 0.481 e. The lowest BCUT2D eigenvalue weighted by atomic mass is 9.93. The predicted molar refractivity (Wildman–Crippen MR) is 121 cm³/mol. The van der Waals surface area contributed by atoms with Gasteiger partial charge in [0.15, 0.2) is 0 Å². The molecule has 32 heavy (non-hydrogen) atoms. The van der Waals surface area contributed by atoms with Crippen molar-refractivity contribution in [1.82, 2.24) is 20.2 Å². The van der Waals surface area contributed by atoms with E-state index in [9.17, 15) is 19.5 Å². The van der Waals surface area contributed by atoms with Gasteiger partial charge in [0.05, 0.1) is 17.6 Å². The van der Waals surface area contributed by atoms with E-state index in [1.807, 2.05) is 38.1 Å². The Morgan fingerprint density at radius 1 is 1.19 bits per heavy atom. The first-order valence-electron chi connectivity index (χ1n) is 11.1. The number of likely N-dealkylation sites (tertiary alicyclic amines) is 1. The summed E-state index contributed by atoms with van der Waals surface area (Å²) in [4.78, 5) is 46.8. The van der Waals surface area contributed by atoms with Crippen molar-refractivity contribution in [2.75, 3.05) is 13.1 Å². The molecule has 8 heteroatoms. The Bertz CT molecular complexity index is 1160. The number of hydrogen-bond acceptors (Lipinski definition) is 4. The number of pyridine rings is 1. The van der Waals surface area contributed by atoms with Crippen molar-refractivity contribution in [3.63, 3.8) is 0 Å². The van der Waals surface area contributed by atoms with Crippen LogP contribution in [0.3, 0.4) is 0 Å². The molecule has 0 aliphatic carbocycles. The number of carboxylic acid groups (broad SMARTS) is 1. The molecule has 1 aliphatic rings. The molecule has 2 atom stereocenters. The fourth-order valence-corrected chi connectivity index (χ4v) is 4.32. The molecular formula is C24H28N4O4. The van der Waals surface area contributed by atoms with E-state index in [-0.39, 0.29) is 17.5 Å². The summed E-state index contributed by atoms with van der Waals surface area (Å²) >= 11 is 0. The van der Waals surface area contributed by atoms with Crippen molar-refractivity contribution in [3.8, 4) is 0 Å². The van der Waals surface area contributed by atoms with Crippen molar-refractivity contribution >= 4 is 39.6 Å². The Kier molecular flexibility index (Phi) is 6.12. The summed E-state index contributed by atoms with van der Waals surface area (Å²) in [6, 6.07) is 8.92. The first-order chi connectivity index (χ1) is 15.4. The van der Waals surface area contributed by atoms with Gasteiger partial charge < -0.3 is 20.3 Å². The number of nitrogens with zero attached hydrogens (tertiary/aromatic N) is 2. The summed E-state index contributed by atoms with van der Waals surface area (Å²) in [5.41, 5.74) is 2.07.